The molecule has 6 nitrogen and oxygen atoms in total. The largest absolute Gasteiger partial charge is 0.349 e. The van der Waals surface area contributed by atoms with Crippen molar-refractivity contribution in [3.05, 3.63) is 35.4 Å². The number of benzene rings is 1. The normalized spacial score (nSPS) is 18.4. The zero-order valence-electron chi connectivity index (χ0n) is 19.2. The van der Waals surface area contributed by atoms with Crippen molar-refractivity contribution in [3.63, 3.8) is 0 Å². The van der Waals surface area contributed by atoms with Gasteiger partial charge in [0.25, 0.3) is 13.4 Å². The summed E-state index contributed by atoms with van der Waals surface area (Å²) in [7, 11) is -3.03. The molecule has 1 unspecified atom stereocenters. The van der Waals surface area contributed by atoms with Crippen molar-refractivity contribution in [2.45, 2.75) is 72.0 Å². The van der Waals surface area contributed by atoms with Gasteiger partial charge >= 0.3 is 0 Å². The zero-order valence-corrected chi connectivity index (χ0v) is 20.1. The van der Waals surface area contributed by atoms with E-state index < -0.39 is 12.7 Å². The number of carbonyl (C=O) groups is 1. The highest BCUT2D eigenvalue weighted by Crippen LogP contribution is 2.62. The van der Waals surface area contributed by atoms with Crippen LogP contribution in [0.4, 0.5) is 0 Å². The second kappa shape index (κ2) is 9.64. The van der Waals surface area contributed by atoms with Gasteiger partial charge in [0.05, 0.1) is 23.4 Å². The van der Waals surface area contributed by atoms with E-state index in [-0.39, 0.29) is 17.4 Å². The molecule has 0 aliphatic carbocycles. The summed E-state index contributed by atoms with van der Waals surface area (Å²) in [6.07, 6.45) is 2.38. The fourth-order valence-electron chi connectivity index (χ4n) is 3.34. The summed E-state index contributed by atoms with van der Waals surface area (Å²) in [5.74, 6) is -0.175. The number of rotatable bonds is 7. The monoisotopic (exact) mass is 433 g/mol. The van der Waals surface area contributed by atoms with E-state index in [2.05, 4.69) is 32.2 Å². The van der Waals surface area contributed by atoms with E-state index in [1.54, 1.807) is 24.3 Å². The maximum atomic E-state index is 14.0. The first-order valence-corrected chi connectivity index (χ1v) is 12.3. The minimum absolute atomic E-state index is 0.0139. The number of carbonyl (C=O) groups excluding carboxylic acids is 1. The highest BCUT2D eigenvalue weighted by molar-refractivity contribution is 7.58. The van der Waals surface area contributed by atoms with Crippen molar-refractivity contribution in [1.82, 2.24) is 9.99 Å². The summed E-state index contributed by atoms with van der Waals surface area (Å²) >= 11 is 0. The second-order valence-electron chi connectivity index (χ2n) is 9.88. The lowest BCUT2D eigenvalue weighted by Gasteiger charge is -2.43. The Morgan fingerprint density at radius 2 is 1.90 bits per heavy atom. The van der Waals surface area contributed by atoms with Crippen LogP contribution in [0.25, 0.3) is 0 Å². The summed E-state index contributed by atoms with van der Waals surface area (Å²) < 4.78 is 22.1. The minimum Gasteiger partial charge on any atom is -0.349 e. The van der Waals surface area contributed by atoms with Crippen molar-refractivity contribution in [1.29, 1.82) is 5.26 Å². The Labute approximate surface area is 181 Å². The molecular formula is C23H36N3O3P. The Hall–Kier alpha value is -1.67. The number of hydrogen-bond acceptors (Lipinski definition) is 4. The predicted molar refractivity (Wildman–Crippen MR) is 121 cm³/mol. The van der Waals surface area contributed by atoms with Crippen LogP contribution in [-0.4, -0.2) is 41.5 Å². The first-order chi connectivity index (χ1) is 13.9. The zero-order chi connectivity index (χ0) is 22.6. The highest BCUT2D eigenvalue weighted by atomic mass is 31.2. The van der Waals surface area contributed by atoms with Crippen LogP contribution in [-0.2, 0) is 9.09 Å². The molecule has 2 rings (SSSR count). The lowest BCUT2D eigenvalue weighted by Crippen LogP contribution is -2.45. The van der Waals surface area contributed by atoms with Crippen molar-refractivity contribution in [3.8, 4) is 6.07 Å². The van der Waals surface area contributed by atoms with Crippen LogP contribution in [0, 0.1) is 16.7 Å². The molecule has 0 bridgehead atoms. The van der Waals surface area contributed by atoms with Gasteiger partial charge in [0, 0.05) is 24.7 Å². The molecule has 1 aliphatic rings. The van der Waals surface area contributed by atoms with Crippen LogP contribution in [0.2, 0.25) is 0 Å². The summed E-state index contributed by atoms with van der Waals surface area (Å²) in [4.78, 5) is 12.6. The maximum Gasteiger partial charge on any atom is 0.277 e. The van der Waals surface area contributed by atoms with Gasteiger partial charge in [0.15, 0.2) is 0 Å². The molecule has 30 heavy (non-hydrogen) atoms. The molecule has 1 N–H and O–H groups in total. The lowest BCUT2D eigenvalue weighted by molar-refractivity contribution is 0.0918. The molecule has 1 amide bonds. The molecule has 1 aromatic rings. The quantitative estimate of drug-likeness (QED) is 0.598. The fourth-order valence-corrected chi connectivity index (χ4v) is 6.02. The van der Waals surface area contributed by atoms with Crippen molar-refractivity contribution >= 4 is 13.4 Å². The molecule has 1 atom stereocenters. The minimum atomic E-state index is -3.03. The van der Waals surface area contributed by atoms with Gasteiger partial charge in [-0.2, -0.15) is 5.26 Å². The van der Waals surface area contributed by atoms with Gasteiger partial charge in [-0.05, 0) is 63.6 Å². The van der Waals surface area contributed by atoms with E-state index in [9.17, 15) is 9.36 Å². The molecule has 0 saturated carbocycles. The predicted octanol–water partition coefficient (Wildman–Crippen LogP) is 5.20. The van der Waals surface area contributed by atoms with Crippen molar-refractivity contribution in [2.75, 3.05) is 19.7 Å². The topological polar surface area (TPSA) is 82.4 Å². The number of piperidine rings is 1. The Morgan fingerprint density at radius 3 is 2.43 bits per heavy atom. The Kier molecular flexibility index (Phi) is 7.91. The standard InChI is InChI=1S/C23H36N3O3P/c1-7-23(5,6)17-29-30(28,22(2,3)4)26-13-11-20(12-14-26)25-21(27)19-10-8-9-18(15-19)16-24/h8-10,15,20H,7,11-14,17H2,1-6H3,(H,25,27). The van der Waals surface area contributed by atoms with E-state index in [0.717, 1.165) is 6.42 Å². The van der Waals surface area contributed by atoms with Gasteiger partial charge in [-0.15, -0.1) is 0 Å². The average molecular weight is 434 g/mol. The van der Waals surface area contributed by atoms with Crippen molar-refractivity contribution in [2.24, 2.45) is 5.41 Å². The molecule has 1 fully saturated rings. The van der Waals surface area contributed by atoms with Gasteiger partial charge in [0.2, 0.25) is 0 Å². The van der Waals surface area contributed by atoms with Crippen LogP contribution in [0.1, 0.15) is 76.7 Å². The molecule has 1 saturated heterocycles. The molecule has 0 aromatic heterocycles. The molecular weight excluding hydrogens is 397 g/mol. The lowest BCUT2D eigenvalue weighted by atomic mass is 9.92. The fraction of sp³-hybridized carbons (Fsp3) is 0.652. The molecule has 1 aromatic carbocycles. The summed E-state index contributed by atoms with van der Waals surface area (Å²) in [5, 5.41) is 11.6. The average Bonchev–Trinajstić information content (AvgIpc) is 2.71. The van der Waals surface area contributed by atoms with E-state index in [4.69, 9.17) is 9.79 Å². The van der Waals surface area contributed by atoms with Gasteiger partial charge < -0.3 is 9.84 Å². The molecule has 7 heteroatoms. The number of nitriles is 1. The van der Waals surface area contributed by atoms with Crippen molar-refractivity contribution < 1.29 is 13.9 Å². The van der Waals surface area contributed by atoms with E-state index >= 15 is 0 Å². The molecule has 1 aliphatic heterocycles. The first kappa shape index (κ1) is 24.6. The third-order valence-electron chi connectivity index (χ3n) is 5.87. The van der Waals surface area contributed by atoms with Gasteiger partial charge in [-0.25, -0.2) is 4.67 Å². The third kappa shape index (κ3) is 5.94. The van der Waals surface area contributed by atoms with Crippen LogP contribution in [0.3, 0.4) is 0 Å². The van der Waals surface area contributed by atoms with Crippen LogP contribution < -0.4 is 5.32 Å². The number of nitrogens with zero attached hydrogens (tertiary/aromatic N) is 2. The maximum absolute atomic E-state index is 14.0. The number of hydrogen-bond donors (Lipinski definition) is 1. The van der Waals surface area contributed by atoms with Crippen LogP contribution >= 0.6 is 7.52 Å². The van der Waals surface area contributed by atoms with Crippen LogP contribution in [0.5, 0.6) is 0 Å². The molecule has 166 valence electrons. The Balaban J connectivity index is 2.02. The first-order valence-electron chi connectivity index (χ1n) is 10.7. The number of nitrogens with one attached hydrogen (secondary N) is 1. The smallest absolute Gasteiger partial charge is 0.277 e. The molecule has 1 heterocycles. The van der Waals surface area contributed by atoms with Gasteiger partial charge in [0.1, 0.15) is 0 Å². The second-order valence-corrected chi connectivity index (χ2v) is 13.1. The van der Waals surface area contributed by atoms with Crippen LogP contribution in [0.15, 0.2) is 24.3 Å². The Morgan fingerprint density at radius 1 is 1.27 bits per heavy atom. The SMILES string of the molecule is CCC(C)(C)COP(=O)(N1CCC(NC(=O)c2cccc(C#N)c2)CC1)C(C)(C)C. The molecule has 0 spiro atoms. The molecule has 0 radical (unpaired) electrons. The van der Waals surface area contributed by atoms with E-state index in [1.165, 1.54) is 0 Å². The highest BCUT2D eigenvalue weighted by Gasteiger charge is 2.45. The number of amides is 1. The summed E-state index contributed by atoms with van der Waals surface area (Å²) in [6, 6.07) is 8.77. The summed E-state index contributed by atoms with van der Waals surface area (Å²) in [6.45, 7) is 14.0. The van der Waals surface area contributed by atoms with E-state index in [0.29, 0.717) is 43.7 Å². The Bertz CT molecular complexity index is 831. The van der Waals surface area contributed by atoms with E-state index in [1.807, 2.05) is 25.4 Å². The van der Waals surface area contributed by atoms with Gasteiger partial charge in [-0.3, -0.25) is 9.36 Å². The third-order valence-corrected chi connectivity index (χ3v) is 9.19. The summed E-state index contributed by atoms with van der Waals surface area (Å²) in [5.41, 5.74) is 0.934. The van der Waals surface area contributed by atoms with Gasteiger partial charge in [-0.1, -0.05) is 26.8 Å².